The lowest BCUT2D eigenvalue weighted by Gasteiger charge is -2.15. The van der Waals surface area contributed by atoms with Crippen LogP contribution in [0.25, 0.3) is 116 Å². The molecule has 0 unspecified atom stereocenters. The average molecular weight is 879 g/mol. The fourth-order valence-corrected chi connectivity index (χ4v) is 10.4. The van der Waals surface area contributed by atoms with Gasteiger partial charge in [-0.1, -0.05) is 133 Å². The summed E-state index contributed by atoms with van der Waals surface area (Å²) in [6.45, 7) is 0. The standard InChI is InChI=1S/C61H34N8/c62-35-38-15-13-21-44(31-38)67-52-26-10-7-23-46(52)55-58-56(47-24-8-11-27-53(47)68(58)45-22-14-16-39(32-45)36-63)60-57(59(55)67)48-25-9-12-28-54(48)69(60)51-30-29-42(33-43(51)37-64)50-34-49(40-17-3-1-4-18-40)65-61(66-50)41-19-5-2-6-20-41/h1-34H. The van der Waals surface area contributed by atoms with Crippen molar-refractivity contribution in [1.29, 1.82) is 15.8 Å². The van der Waals surface area contributed by atoms with Crippen LogP contribution in [0.3, 0.4) is 0 Å². The van der Waals surface area contributed by atoms with Crippen molar-refractivity contribution in [2.45, 2.75) is 0 Å². The highest BCUT2D eigenvalue weighted by Crippen LogP contribution is 2.50. The molecule has 13 rings (SSSR count). The van der Waals surface area contributed by atoms with Crippen molar-refractivity contribution >= 4 is 65.4 Å². The minimum atomic E-state index is 0.470. The summed E-state index contributed by atoms with van der Waals surface area (Å²) in [7, 11) is 0. The third-order valence-corrected chi connectivity index (χ3v) is 13.3. The van der Waals surface area contributed by atoms with Gasteiger partial charge in [-0.25, -0.2) is 9.97 Å². The minimum absolute atomic E-state index is 0.470. The van der Waals surface area contributed by atoms with Gasteiger partial charge in [0.15, 0.2) is 5.82 Å². The smallest absolute Gasteiger partial charge is 0.160 e. The zero-order valence-corrected chi connectivity index (χ0v) is 36.7. The lowest BCUT2D eigenvalue weighted by atomic mass is 10.0. The maximum absolute atomic E-state index is 11.3. The van der Waals surface area contributed by atoms with Crippen LogP contribution in [0.15, 0.2) is 206 Å². The van der Waals surface area contributed by atoms with Crippen molar-refractivity contribution in [2.24, 2.45) is 0 Å². The van der Waals surface area contributed by atoms with Crippen LogP contribution in [0.2, 0.25) is 0 Å². The topological polar surface area (TPSA) is 112 Å². The molecule has 8 nitrogen and oxygen atoms in total. The molecule has 0 bridgehead atoms. The van der Waals surface area contributed by atoms with Gasteiger partial charge in [0, 0.05) is 60.4 Å². The largest absolute Gasteiger partial charge is 0.308 e. The second kappa shape index (κ2) is 15.5. The molecule has 0 fully saturated rings. The summed E-state index contributed by atoms with van der Waals surface area (Å²) in [6.07, 6.45) is 0. The Balaban J connectivity index is 1.20. The molecule has 318 valence electrons. The molecule has 0 amide bonds. The molecule has 0 saturated carbocycles. The van der Waals surface area contributed by atoms with Crippen molar-refractivity contribution in [3.8, 4) is 69.2 Å². The predicted octanol–water partition coefficient (Wildman–Crippen LogP) is 14.4. The predicted molar refractivity (Wildman–Crippen MR) is 276 cm³/mol. The number of nitriles is 3. The van der Waals surface area contributed by atoms with Gasteiger partial charge in [-0.2, -0.15) is 15.8 Å². The van der Waals surface area contributed by atoms with Crippen molar-refractivity contribution < 1.29 is 0 Å². The van der Waals surface area contributed by atoms with Gasteiger partial charge in [0.1, 0.15) is 6.07 Å². The number of nitrogens with zero attached hydrogens (tertiary/aromatic N) is 8. The summed E-state index contributed by atoms with van der Waals surface area (Å²) < 4.78 is 6.83. The van der Waals surface area contributed by atoms with Crippen LogP contribution in [0.1, 0.15) is 16.7 Å². The molecule has 0 aliphatic carbocycles. The van der Waals surface area contributed by atoms with Gasteiger partial charge in [-0.05, 0) is 72.8 Å². The molecule has 4 heterocycles. The third kappa shape index (κ3) is 5.99. The van der Waals surface area contributed by atoms with Crippen LogP contribution in [0.4, 0.5) is 0 Å². The second-order valence-electron chi connectivity index (χ2n) is 17.1. The first kappa shape index (κ1) is 39.3. The van der Waals surface area contributed by atoms with E-state index in [1.54, 1.807) is 0 Å². The molecule has 0 radical (unpaired) electrons. The first-order chi connectivity index (χ1) is 34.1. The van der Waals surface area contributed by atoms with Gasteiger partial charge in [0.05, 0.1) is 79.0 Å². The SMILES string of the molecule is N#Cc1cccc(-n2c3ccccc3c3c2c2c4ccccc4n(-c4ccc(-c5cc(-c6ccccc6)nc(-c6ccccc6)n5)cc4C#N)c2c2c4ccccc4n(-c4cccc(C#N)c4)c32)c1. The lowest BCUT2D eigenvalue weighted by molar-refractivity contribution is 1.16. The van der Waals surface area contributed by atoms with Gasteiger partial charge >= 0.3 is 0 Å². The number of para-hydroxylation sites is 3. The quantitative estimate of drug-likeness (QED) is 0.165. The Morgan fingerprint density at radius 2 is 0.797 bits per heavy atom. The Hall–Kier alpha value is -10.1. The van der Waals surface area contributed by atoms with Crippen LogP contribution in [-0.4, -0.2) is 23.7 Å². The molecular weight excluding hydrogens is 845 g/mol. The number of aromatic nitrogens is 5. The Bertz CT molecular complexity index is 4250. The summed E-state index contributed by atoms with van der Waals surface area (Å²) in [6, 6.07) is 76.3. The van der Waals surface area contributed by atoms with E-state index in [4.69, 9.17) is 9.97 Å². The molecule has 8 heteroatoms. The zero-order chi connectivity index (χ0) is 46.2. The van der Waals surface area contributed by atoms with Crippen LogP contribution < -0.4 is 0 Å². The Labute approximate surface area is 395 Å². The molecule has 0 atom stereocenters. The summed E-state index contributed by atoms with van der Waals surface area (Å²) in [4.78, 5) is 10.1. The molecular formula is C61H34N8. The van der Waals surface area contributed by atoms with E-state index in [1.807, 2.05) is 121 Å². The maximum atomic E-state index is 11.3. The third-order valence-electron chi connectivity index (χ3n) is 13.3. The molecule has 13 aromatic rings. The monoisotopic (exact) mass is 878 g/mol. The Morgan fingerprint density at radius 3 is 1.30 bits per heavy atom. The van der Waals surface area contributed by atoms with E-state index in [9.17, 15) is 15.8 Å². The van der Waals surface area contributed by atoms with Crippen molar-refractivity contribution in [3.05, 3.63) is 223 Å². The zero-order valence-electron chi connectivity index (χ0n) is 36.7. The average Bonchev–Trinajstić information content (AvgIpc) is 4.07. The van der Waals surface area contributed by atoms with Crippen molar-refractivity contribution in [1.82, 2.24) is 23.7 Å². The normalized spacial score (nSPS) is 11.4. The van der Waals surface area contributed by atoms with E-state index in [0.29, 0.717) is 33.9 Å². The van der Waals surface area contributed by atoms with E-state index in [0.717, 1.165) is 99.2 Å². The lowest BCUT2D eigenvalue weighted by Crippen LogP contribution is -2.01. The Morgan fingerprint density at radius 1 is 0.348 bits per heavy atom. The molecule has 0 aliphatic heterocycles. The fourth-order valence-electron chi connectivity index (χ4n) is 10.4. The van der Waals surface area contributed by atoms with Crippen LogP contribution in [-0.2, 0) is 0 Å². The fraction of sp³-hybridized carbons (Fsp3) is 0. The highest BCUT2D eigenvalue weighted by atomic mass is 15.0. The van der Waals surface area contributed by atoms with E-state index in [-0.39, 0.29) is 0 Å². The van der Waals surface area contributed by atoms with Crippen molar-refractivity contribution in [3.63, 3.8) is 0 Å². The molecule has 4 aromatic heterocycles. The van der Waals surface area contributed by atoms with E-state index in [1.165, 1.54) is 0 Å². The molecule has 0 N–H and O–H groups in total. The molecule has 9 aromatic carbocycles. The summed E-state index contributed by atoms with van der Waals surface area (Å²) in [5.74, 6) is 0.593. The highest BCUT2D eigenvalue weighted by molar-refractivity contribution is 6.40. The van der Waals surface area contributed by atoms with Gasteiger partial charge < -0.3 is 13.7 Å². The van der Waals surface area contributed by atoms with Gasteiger partial charge in [0.25, 0.3) is 0 Å². The number of hydrogen-bond acceptors (Lipinski definition) is 5. The van der Waals surface area contributed by atoms with Gasteiger partial charge in [-0.15, -0.1) is 0 Å². The van der Waals surface area contributed by atoms with E-state index >= 15 is 0 Å². The first-order valence-electron chi connectivity index (χ1n) is 22.6. The van der Waals surface area contributed by atoms with E-state index < -0.39 is 0 Å². The summed E-state index contributed by atoms with van der Waals surface area (Å²) in [5, 5.41) is 37.9. The van der Waals surface area contributed by atoms with Gasteiger partial charge in [0.2, 0.25) is 0 Å². The summed E-state index contributed by atoms with van der Waals surface area (Å²) in [5.41, 5.74) is 13.8. The number of rotatable bonds is 6. The number of fused-ring (bicyclic) bond motifs is 12. The molecule has 0 aliphatic rings. The molecule has 0 saturated heterocycles. The van der Waals surface area contributed by atoms with Crippen LogP contribution >= 0.6 is 0 Å². The highest BCUT2D eigenvalue weighted by Gasteiger charge is 2.29. The van der Waals surface area contributed by atoms with Crippen LogP contribution in [0.5, 0.6) is 0 Å². The Kier molecular flexibility index (Phi) is 8.85. The molecule has 69 heavy (non-hydrogen) atoms. The second-order valence-corrected chi connectivity index (χ2v) is 17.1. The van der Waals surface area contributed by atoms with E-state index in [2.05, 4.69) is 117 Å². The van der Waals surface area contributed by atoms with Crippen molar-refractivity contribution in [2.75, 3.05) is 0 Å². The first-order valence-corrected chi connectivity index (χ1v) is 22.6. The summed E-state index contributed by atoms with van der Waals surface area (Å²) >= 11 is 0. The number of hydrogen-bond donors (Lipinski definition) is 0. The maximum Gasteiger partial charge on any atom is 0.160 e. The minimum Gasteiger partial charge on any atom is -0.308 e. The van der Waals surface area contributed by atoms with Gasteiger partial charge in [-0.3, -0.25) is 0 Å². The number of benzene rings is 9. The van der Waals surface area contributed by atoms with Crippen LogP contribution in [0, 0.1) is 34.0 Å². The molecule has 0 spiro atoms.